The van der Waals surface area contributed by atoms with Gasteiger partial charge in [-0.25, -0.2) is 0 Å². The first-order chi connectivity index (χ1) is 6.24. The Bertz CT molecular complexity index is 317. The van der Waals surface area contributed by atoms with Crippen LogP contribution in [0.15, 0.2) is 18.2 Å². The number of aryl methyl sites for hydroxylation is 1. The number of rotatable bonds is 1. The first-order valence-corrected chi connectivity index (χ1v) is 5.10. The van der Waals surface area contributed by atoms with Gasteiger partial charge in [0.15, 0.2) is 0 Å². The summed E-state index contributed by atoms with van der Waals surface area (Å²) < 4.78 is 0. The second-order valence-electron chi connectivity index (χ2n) is 4.05. The van der Waals surface area contributed by atoms with Crippen LogP contribution in [0.2, 0.25) is 0 Å². The molecule has 0 amide bonds. The van der Waals surface area contributed by atoms with Crippen LogP contribution >= 0.6 is 0 Å². The van der Waals surface area contributed by atoms with Crippen LogP contribution in [0, 0.1) is 5.92 Å². The third kappa shape index (κ3) is 1.28. The molecule has 1 aliphatic rings. The van der Waals surface area contributed by atoms with E-state index >= 15 is 0 Å². The van der Waals surface area contributed by atoms with Gasteiger partial charge in [0.05, 0.1) is 0 Å². The highest BCUT2D eigenvalue weighted by Crippen LogP contribution is 2.35. The van der Waals surface area contributed by atoms with Crippen molar-refractivity contribution in [3.8, 4) is 0 Å². The molecular formula is C12H17N. The zero-order valence-electron chi connectivity index (χ0n) is 8.38. The van der Waals surface area contributed by atoms with Crippen LogP contribution in [0.1, 0.15) is 36.6 Å². The van der Waals surface area contributed by atoms with Crippen LogP contribution < -0.4 is 5.73 Å². The van der Waals surface area contributed by atoms with Crippen LogP contribution in [0.3, 0.4) is 0 Å². The van der Waals surface area contributed by atoms with Crippen molar-refractivity contribution < 1.29 is 0 Å². The molecule has 1 nitrogen and oxygen atoms in total. The lowest BCUT2D eigenvalue weighted by atomic mass is 10.0. The Morgan fingerprint density at radius 2 is 2.23 bits per heavy atom. The van der Waals surface area contributed by atoms with Crippen molar-refractivity contribution in [2.75, 3.05) is 0 Å². The lowest BCUT2D eigenvalue weighted by molar-refractivity contribution is 0.513. The quantitative estimate of drug-likeness (QED) is 0.697. The van der Waals surface area contributed by atoms with E-state index in [1.54, 1.807) is 0 Å². The van der Waals surface area contributed by atoms with Gasteiger partial charge in [-0.2, -0.15) is 0 Å². The van der Waals surface area contributed by atoms with E-state index in [9.17, 15) is 0 Å². The summed E-state index contributed by atoms with van der Waals surface area (Å²) >= 11 is 0. The zero-order chi connectivity index (χ0) is 9.42. The summed E-state index contributed by atoms with van der Waals surface area (Å²) in [6.07, 6.45) is 2.29. The van der Waals surface area contributed by atoms with E-state index in [1.165, 1.54) is 23.1 Å². The fourth-order valence-corrected chi connectivity index (χ4v) is 2.30. The lowest BCUT2D eigenvalue weighted by Crippen LogP contribution is -2.13. The predicted molar refractivity (Wildman–Crippen MR) is 55.6 cm³/mol. The van der Waals surface area contributed by atoms with Gasteiger partial charge >= 0.3 is 0 Å². The second kappa shape index (κ2) is 3.15. The summed E-state index contributed by atoms with van der Waals surface area (Å²) in [6.45, 7) is 4.45. The van der Waals surface area contributed by atoms with E-state index in [1.807, 2.05) is 0 Å². The molecule has 0 aliphatic heterocycles. The maximum absolute atomic E-state index is 6.11. The SMILES string of the molecule is CCc1cccc2c1CC(C)C2N. The van der Waals surface area contributed by atoms with Crippen molar-refractivity contribution >= 4 is 0 Å². The van der Waals surface area contributed by atoms with Gasteiger partial charge in [-0.15, -0.1) is 0 Å². The molecule has 2 N–H and O–H groups in total. The fraction of sp³-hybridized carbons (Fsp3) is 0.500. The number of benzene rings is 1. The monoisotopic (exact) mass is 175 g/mol. The van der Waals surface area contributed by atoms with Gasteiger partial charge in [0.1, 0.15) is 0 Å². The van der Waals surface area contributed by atoms with Crippen molar-refractivity contribution in [2.45, 2.75) is 32.7 Å². The van der Waals surface area contributed by atoms with E-state index in [4.69, 9.17) is 5.73 Å². The van der Waals surface area contributed by atoms with Crippen molar-refractivity contribution in [3.63, 3.8) is 0 Å². The largest absolute Gasteiger partial charge is 0.324 e. The maximum Gasteiger partial charge on any atom is 0.0326 e. The maximum atomic E-state index is 6.11. The summed E-state index contributed by atoms with van der Waals surface area (Å²) in [5.74, 6) is 0.614. The molecule has 1 heteroatoms. The average molecular weight is 175 g/mol. The molecule has 0 bridgehead atoms. The van der Waals surface area contributed by atoms with Gasteiger partial charge in [0.25, 0.3) is 0 Å². The summed E-state index contributed by atoms with van der Waals surface area (Å²) in [6, 6.07) is 6.81. The molecule has 0 saturated heterocycles. The molecule has 70 valence electrons. The number of nitrogens with two attached hydrogens (primary N) is 1. The smallest absolute Gasteiger partial charge is 0.0326 e. The summed E-state index contributed by atoms with van der Waals surface area (Å²) in [7, 11) is 0. The third-order valence-electron chi connectivity index (χ3n) is 3.19. The minimum atomic E-state index is 0.265. The first kappa shape index (κ1) is 8.76. The molecule has 0 spiro atoms. The number of fused-ring (bicyclic) bond motifs is 1. The second-order valence-corrected chi connectivity index (χ2v) is 4.05. The van der Waals surface area contributed by atoms with Crippen molar-refractivity contribution in [1.29, 1.82) is 0 Å². The highest BCUT2D eigenvalue weighted by Gasteiger charge is 2.27. The van der Waals surface area contributed by atoms with Gasteiger partial charge in [-0.05, 0) is 35.4 Å². The Kier molecular flexibility index (Phi) is 2.12. The van der Waals surface area contributed by atoms with Crippen molar-refractivity contribution in [2.24, 2.45) is 11.7 Å². The molecule has 1 aliphatic carbocycles. The lowest BCUT2D eigenvalue weighted by Gasteiger charge is -2.09. The van der Waals surface area contributed by atoms with E-state index in [0.29, 0.717) is 5.92 Å². The summed E-state index contributed by atoms with van der Waals surface area (Å²) in [4.78, 5) is 0. The minimum Gasteiger partial charge on any atom is -0.324 e. The summed E-state index contributed by atoms with van der Waals surface area (Å²) in [5.41, 5.74) is 10.5. The zero-order valence-corrected chi connectivity index (χ0v) is 8.38. The van der Waals surface area contributed by atoms with E-state index in [0.717, 1.165) is 6.42 Å². The summed E-state index contributed by atoms with van der Waals surface area (Å²) in [5, 5.41) is 0. The molecular weight excluding hydrogens is 158 g/mol. The van der Waals surface area contributed by atoms with Crippen LogP contribution in [-0.4, -0.2) is 0 Å². The minimum absolute atomic E-state index is 0.265. The molecule has 13 heavy (non-hydrogen) atoms. The van der Waals surface area contributed by atoms with Gasteiger partial charge < -0.3 is 5.73 Å². The molecule has 1 aromatic rings. The topological polar surface area (TPSA) is 26.0 Å². The fourth-order valence-electron chi connectivity index (χ4n) is 2.30. The normalized spacial score (nSPS) is 26.1. The standard InChI is InChI=1S/C12H17N/c1-3-9-5-4-6-10-11(9)7-8(2)12(10)13/h4-6,8,12H,3,7,13H2,1-2H3. The Balaban J connectivity index is 2.49. The highest BCUT2D eigenvalue weighted by molar-refractivity contribution is 5.41. The molecule has 2 unspecified atom stereocenters. The predicted octanol–water partition coefficient (Wildman–Crippen LogP) is 2.44. The molecule has 0 aromatic heterocycles. The first-order valence-electron chi connectivity index (χ1n) is 5.10. The molecule has 1 aromatic carbocycles. The molecule has 0 fully saturated rings. The van der Waals surface area contributed by atoms with E-state index in [2.05, 4.69) is 32.0 Å². The van der Waals surface area contributed by atoms with E-state index in [-0.39, 0.29) is 6.04 Å². The Hall–Kier alpha value is -0.820. The van der Waals surface area contributed by atoms with Crippen LogP contribution in [0.25, 0.3) is 0 Å². The number of hydrogen-bond donors (Lipinski definition) is 1. The molecule has 0 saturated carbocycles. The van der Waals surface area contributed by atoms with Crippen LogP contribution in [0.5, 0.6) is 0 Å². The Morgan fingerprint density at radius 1 is 1.46 bits per heavy atom. The highest BCUT2D eigenvalue weighted by atomic mass is 14.7. The van der Waals surface area contributed by atoms with Crippen LogP contribution in [-0.2, 0) is 12.8 Å². The average Bonchev–Trinajstić information content (AvgIpc) is 2.43. The molecule has 2 atom stereocenters. The van der Waals surface area contributed by atoms with Crippen LogP contribution in [0.4, 0.5) is 0 Å². The Morgan fingerprint density at radius 3 is 2.92 bits per heavy atom. The Labute approximate surface area is 80.0 Å². The van der Waals surface area contributed by atoms with Gasteiger partial charge in [-0.3, -0.25) is 0 Å². The van der Waals surface area contributed by atoms with Gasteiger partial charge in [0, 0.05) is 6.04 Å². The van der Waals surface area contributed by atoms with Crippen molar-refractivity contribution in [3.05, 3.63) is 34.9 Å². The van der Waals surface area contributed by atoms with Gasteiger partial charge in [0.2, 0.25) is 0 Å². The molecule has 0 radical (unpaired) electrons. The van der Waals surface area contributed by atoms with Gasteiger partial charge in [-0.1, -0.05) is 32.0 Å². The van der Waals surface area contributed by atoms with E-state index < -0.39 is 0 Å². The number of hydrogen-bond acceptors (Lipinski definition) is 1. The third-order valence-corrected chi connectivity index (χ3v) is 3.19. The molecule has 0 heterocycles. The molecule has 2 rings (SSSR count). The van der Waals surface area contributed by atoms with Crippen molar-refractivity contribution in [1.82, 2.24) is 0 Å².